The van der Waals surface area contributed by atoms with Crippen molar-refractivity contribution in [3.63, 3.8) is 0 Å². The normalized spacial score (nSPS) is 12.7. The molecule has 0 fully saturated rings. The Morgan fingerprint density at radius 1 is 1.05 bits per heavy atom. The van der Waals surface area contributed by atoms with Crippen LogP contribution in [0, 0.1) is 0 Å². The van der Waals surface area contributed by atoms with Gasteiger partial charge in [-0.3, -0.25) is 0 Å². The highest BCUT2D eigenvalue weighted by Gasteiger charge is 2.30. The molecule has 0 radical (unpaired) electrons. The van der Waals surface area contributed by atoms with E-state index < -0.39 is 23.6 Å². The zero-order valence-corrected chi connectivity index (χ0v) is 11.7. The van der Waals surface area contributed by atoms with Crippen LogP contribution in [0.2, 0.25) is 0 Å². The van der Waals surface area contributed by atoms with Crippen molar-refractivity contribution >= 4 is 11.9 Å². The Balaban J connectivity index is 0. The van der Waals surface area contributed by atoms with Crippen LogP contribution in [0.4, 0.5) is 0 Å². The lowest BCUT2D eigenvalue weighted by Crippen LogP contribution is -2.40. The molecule has 0 saturated carbocycles. The van der Waals surface area contributed by atoms with Crippen LogP contribution in [-0.2, 0) is 9.59 Å². The smallest absolute Gasteiger partial charge is 0.328 e. The molecule has 1 unspecified atom stereocenters. The average Bonchev–Trinajstić information content (AvgIpc) is 2.27. The molecule has 1 atom stereocenters. The Morgan fingerprint density at radius 2 is 1.37 bits per heavy atom. The fraction of sp³-hybridized carbons (Fsp3) is 0.692. The summed E-state index contributed by atoms with van der Waals surface area (Å²) < 4.78 is 0. The van der Waals surface area contributed by atoms with Crippen molar-refractivity contribution in [3.8, 4) is 0 Å². The second-order valence-electron chi connectivity index (χ2n) is 4.29. The Kier molecular flexibility index (Phi) is 11.0. The molecule has 0 bridgehead atoms. The summed E-state index contributed by atoms with van der Waals surface area (Å²) in [5.74, 6) is -2.51. The van der Waals surface area contributed by atoms with E-state index >= 15 is 0 Å². The number of carboxylic acids is 2. The first-order valence-corrected chi connectivity index (χ1v) is 6.24. The molecule has 0 aliphatic carbocycles. The number of carboxylic acid groups (broad SMARTS) is 2. The minimum atomic E-state index is -1.26. The molecule has 0 aliphatic rings. The lowest BCUT2D eigenvalue weighted by molar-refractivity contribution is -0.134. The molecular formula is C13H24O6. The number of rotatable bonds is 7. The van der Waals surface area contributed by atoms with E-state index in [-0.39, 0.29) is 0 Å². The van der Waals surface area contributed by atoms with E-state index in [4.69, 9.17) is 10.2 Å². The molecule has 19 heavy (non-hydrogen) atoms. The van der Waals surface area contributed by atoms with E-state index in [1.165, 1.54) is 0 Å². The third-order valence-electron chi connectivity index (χ3n) is 2.51. The number of aliphatic hydroxyl groups excluding tert-OH is 1. The molecule has 0 saturated heterocycles. The lowest BCUT2D eigenvalue weighted by atomic mass is 9.88. The van der Waals surface area contributed by atoms with E-state index in [0.29, 0.717) is 25.0 Å². The molecule has 0 heterocycles. The van der Waals surface area contributed by atoms with E-state index in [1.807, 2.05) is 13.8 Å². The van der Waals surface area contributed by atoms with E-state index in [9.17, 15) is 19.8 Å². The third kappa shape index (κ3) is 11.4. The average molecular weight is 276 g/mol. The van der Waals surface area contributed by atoms with Gasteiger partial charge in [-0.05, 0) is 19.8 Å². The summed E-state index contributed by atoms with van der Waals surface area (Å²) >= 11 is 0. The number of carbonyl (C=O) groups is 2. The van der Waals surface area contributed by atoms with Crippen LogP contribution < -0.4 is 0 Å². The Labute approximate surface area is 113 Å². The number of aliphatic carboxylic acids is 2. The summed E-state index contributed by atoms with van der Waals surface area (Å²) in [4.78, 5) is 19.1. The van der Waals surface area contributed by atoms with Crippen molar-refractivity contribution in [1.82, 2.24) is 0 Å². The van der Waals surface area contributed by atoms with Gasteiger partial charge in [0.15, 0.2) is 0 Å². The monoisotopic (exact) mass is 276 g/mol. The van der Waals surface area contributed by atoms with Crippen molar-refractivity contribution in [2.45, 2.75) is 58.2 Å². The topological polar surface area (TPSA) is 115 Å². The molecule has 0 rings (SSSR count). The van der Waals surface area contributed by atoms with Gasteiger partial charge in [0.05, 0.1) is 11.7 Å². The molecule has 112 valence electrons. The van der Waals surface area contributed by atoms with Crippen molar-refractivity contribution < 1.29 is 30.0 Å². The highest BCUT2D eigenvalue weighted by Crippen LogP contribution is 2.23. The van der Waals surface area contributed by atoms with Crippen LogP contribution >= 0.6 is 0 Å². The highest BCUT2D eigenvalue weighted by molar-refractivity contribution is 5.89. The van der Waals surface area contributed by atoms with Gasteiger partial charge in [0.2, 0.25) is 0 Å². The minimum Gasteiger partial charge on any atom is -0.478 e. The molecule has 0 aromatic heterocycles. The SMILES string of the molecule is CCCC(O)(CCC)C(C)O.O=C(O)/C=C\C(=O)O. The van der Waals surface area contributed by atoms with Crippen LogP contribution in [-0.4, -0.2) is 44.1 Å². The molecule has 0 aromatic rings. The summed E-state index contributed by atoms with van der Waals surface area (Å²) in [6, 6.07) is 0. The van der Waals surface area contributed by atoms with Crippen molar-refractivity contribution in [3.05, 3.63) is 12.2 Å². The minimum absolute atomic E-state index is 0.558. The van der Waals surface area contributed by atoms with Crippen LogP contribution in [0.15, 0.2) is 12.2 Å². The Hall–Kier alpha value is -1.40. The van der Waals surface area contributed by atoms with E-state index in [0.717, 1.165) is 12.8 Å². The fourth-order valence-electron chi connectivity index (χ4n) is 1.55. The number of hydrogen-bond donors (Lipinski definition) is 4. The Morgan fingerprint density at radius 3 is 1.53 bits per heavy atom. The highest BCUT2D eigenvalue weighted by atomic mass is 16.4. The van der Waals surface area contributed by atoms with Gasteiger partial charge >= 0.3 is 11.9 Å². The van der Waals surface area contributed by atoms with Crippen LogP contribution in [0.25, 0.3) is 0 Å². The second kappa shape index (κ2) is 10.5. The van der Waals surface area contributed by atoms with Gasteiger partial charge in [-0.2, -0.15) is 0 Å². The van der Waals surface area contributed by atoms with Gasteiger partial charge in [0.25, 0.3) is 0 Å². The van der Waals surface area contributed by atoms with Crippen molar-refractivity contribution in [1.29, 1.82) is 0 Å². The summed E-state index contributed by atoms with van der Waals surface area (Å²) in [6.07, 6.45) is 3.73. The van der Waals surface area contributed by atoms with Crippen molar-refractivity contribution in [2.75, 3.05) is 0 Å². The molecule has 6 heteroatoms. The molecule has 0 spiro atoms. The van der Waals surface area contributed by atoms with Crippen molar-refractivity contribution in [2.24, 2.45) is 0 Å². The number of hydrogen-bond acceptors (Lipinski definition) is 4. The van der Waals surface area contributed by atoms with Gasteiger partial charge in [-0.15, -0.1) is 0 Å². The quantitative estimate of drug-likeness (QED) is 0.523. The zero-order valence-electron chi connectivity index (χ0n) is 11.7. The first-order valence-electron chi connectivity index (χ1n) is 6.24. The molecule has 0 amide bonds. The van der Waals surface area contributed by atoms with E-state index in [1.54, 1.807) is 6.92 Å². The standard InChI is InChI=1S/C9H20O2.C4H4O4/c1-4-6-9(11,7-5-2)8(3)10;5-3(6)1-2-4(7)8/h8,10-11H,4-7H2,1-3H3;1-2H,(H,5,6)(H,7,8)/b;2-1-. The summed E-state index contributed by atoms with van der Waals surface area (Å²) in [5.41, 5.74) is -0.844. The van der Waals surface area contributed by atoms with Gasteiger partial charge in [0, 0.05) is 12.2 Å². The fourth-order valence-corrected chi connectivity index (χ4v) is 1.55. The van der Waals surface area contributed by atoms with E-state index in [2.05, 4.69) is 0 Å². The third-order valence-corrected chi connectivity index (χ3v) is 2.51. The molecule has 0 aliphatic heterocycles. The van der Waals surface area contributed by atoms with Gasteiger partial charge < -0.3 is 20.4 Å². The largest absolute Gasteiger partial charge is 0.478 e. The predicted octanol–water partition coefficient (Wildman–Crippen LogP) is 1.41. The molecular weight excluding hydrogens is 252 g/mol. The molecule has 4 N–H and O–H groups in total. The zero-order chi connectivity index (χ0) is 15.5. The maximum atomic E-state index is 9.84. The maximum absolute atomic E-state index is 9.84. The summed E-state index contributed by atoms with van der Waals surface area (Å²) in [5, 5.41) is 34.7. The molecule has 6 nitrogen and oxygen atoms in total. The maximum Gasteiger partial charge on any atom is 0.328 e. The first kappa shape index (κ1) is 19.9. The Bertz CT molecular complexity index is 274. The van der Waals surface area contributed by atoms with Gasteiger partial charge in [0.1, 0.15) is 0 Å². The predicted molar refractivity (Wildman–Crippen MR) is 70.9 cm³/mol. The van der Waals surface area contributed by atoms with Crippen LogP contribution in [0.1, 0.15) is 46.5 Å². The summed E-state index contributed by atoms with van der Waals surface area (Å²) in [7, 11) is 0. The summed E-state index contributed by atoms with van der Waals surface area (Å²) in [6.45, 7) is 5.69. The van der Waals surface area contributed by atoms with Gasteiger partial charge in [-0.1, -0.05) is 26.7 Å². The number of aliphatic hydroxyl groups is 2. The van der Waals surface area contributed by atoms with Gasteiger partial charge in [-0.25, -0.2) is 9.59 Å². The molecule has 0 aromatic carbocycles. The van der Waals surface area contributed by atoms with Crippen LogP contribution in [0.5, 0.6) is 0 Å². The van der Waals surface area contributed by atoms with Crippen LogP contribution in [0.3, 0.4) is 0 Å². The first-order chi connectivity index (χ1) is 8.69. The second-order valence-corrected chi connectivity index (χ2v) is 4.29. The lowest BCUT2D eigenvalue weighted by Gasteiger charge is -2.30.